The predicted octanol–water partition coefficient (Wildman–Crippen LogP) is 8.98. The number of nitrogens with zero attached hydrogens (tertiary/aromatic N) is 4. The average molecular weight is 509 g/mol. The Morgan fingerprint density at radius 2 is 1.51 bits per heavy atom. The van der Waals surface area contributed by atoms with Crippen LogP contribution in [0.15, 0.2) is 60.9 Å². The SMILES string of the molecule is CC(C)(C)Cc1ccc2c(CC(C)(C)C)c3c(cc2c1)c1ncnc2ccc4c5cc(C#N)ccc5n3c4c21. The Kier molecular flexibility index (Phi) is 4.83. The molecule has 0 radical (unpaired) electrons. The van der Waals surface area contributed by atoms with Crippen LogP contribution in [0.4, 0.5) is 0 Å². The van der Waals surface area contributed by atoms with Crippen LogP contribution in [0.25, 0.3) is 59.9 Å². The summed E-state index contributed by atoms with van der Waals surface area (Å²) < 4.78 is 2.43. The van der Waals surface area contributed by atoms with Gasteiger partial charge in [-0.3, -0.25) is 0 Å². The minimum atomic E-state index is 0.0835. The normalized spacial score (nSPS) is 13.1. The van der Waals surface area contributed by atoms with Crippen molar-refractivity contribution in [2.24, 2.45) is 10.8 Å². The third kappa shape index (κ3) is 3.64. The highest BCUT2D eigenvalue weighted by atomic mass is 14.9. The third-order valence-corrected chi connectivity index (χ3v) is 7.86. The summed E-state index contributed by atoms with van der Waals surface area (Å²) in [5.41, 5.74) is 9.09. The predicted molar refractivity (Wildman–Crippen MR) is 163 cm³/mol. The van der Waals surface area contributed by atoms with E-state index in [0.29, 0.717) is 5.56 Å². The van der Waals surface area contributed by atoms with Crippen molar-refractivity contribution >= 4 is 59.9 Å². The lowest BCUT2D eigenvalue weighted by atomic mass is 9.83. The molecule has 0 saturated heterocycles. The molecule has 0 aliphatic rings. The van der Waals surface area contributed by atoms with Gasteiger partial charge in [-0.25, -0.2) is 9.97 Å². The van der Waals surface area contributed by atoms with Crippen LogP contribution in [0, 0.1) is 22.2 Å². The van der Waals surface area contributed by atoms with E-state index in [2.05, 4.69) is 99.5 Å². The number of aromatic nitrogens is 3. The zero-order chi connectivity index (χ0) is 27.3. The molecule has 4 heteroatoms. The fourth-order valence-corrected chi connectivity index (χ4v) is 6.55. The highest BCUT2D eigenvalue weighted by Gasteiger charge is 2.25. The van der Waals surface area contributed by atoms with Crippen LogP contribution in [0.3, 0.4) is 0 Å². The van der Waals surface area contributed by atoms with Crippen molar-refractivity contribution in [1.82, 2.24) is 14.4 Å². The molecule has 0 atom stereocenters. The molecule has 3 heterocycles. The number of pyridine rings is 1. The number of hydrogen-bond acceptors (Lipinski definition) is 3. The first-order valence-electron chi connectivity index (χ1n) is 13.7. The van der Waals surface area contributed by atoms with Crippen LogP contribution < -0.4 is 0 Å². The summed E-state index contributed by atoms with van der Waals surface area (Å²) in [5, 5.41) is 16.7. The van der Waals surface area contributed by atoms with E-state index in [-0.39, 0.29) is 10.8 Å². The summed E-state index contributed by atoms with van der Waals surface area (Å²) in [6, 6.07) is 22.0. The summed E-state index contributed by atoms with van der Waals surface area (Å²) >= 11 is 0. The van der Waals surface area contributed by atoms with E-state index in [9.17, 15) is 5.26 Å². The van der Waals surface area contributed by atoms with E-state index in [1.54, 1.807) is 6.33 Å². The second-order valence-corrected chi connectivity index (χ2v) is 13.5. The van der Waals surface area contributed by atoms with E-state index in [4.69, 9.17) is 4.98 Å². The minimum absolute atomic E-state index is 0.0835. The largest absolute Gasteiger partial charge is 0.307 e. The summed E-state index contributed by atoms with van der Waals surface area (Å²) in [5.74, 6) is 0. The van der Waals surface area contributed by atoms with Gasteiger partial charge in [0.2, 0.25) is 0 Å². The molecule has 7 aromatic rings. The zero-order valence-electron chi connectivity index (χ0n) is 23.5. The zero-order valence-corrected chi connectivity index (χ0v) is 23.5. The Bertz CT molecular complexity index is 2140. The van der Waals surface area contributed by atoms with Crippen molar-refractivity contribution in [1.29, 1.82) is 5.26 Å². The van der Waals surface area contributed by atoms with Crippen molar-refractivity contribution in [2.75, 3.05) is 0 Å². The van der Waals surface area contributed by atoms with Crippen LogP contribution in [0.1, 0.15) is 58.2 Å². The maximum absolute atomic E-state index is 9.68. The summed E-state index contributed by atoms with van der Waals surface area (Å²) in [6.45, 7) is 13.8. The Morgan fingerprint density at radius 3 is 2.26 bits per heavy atom. The highest BCUT2D eigenvalue weighted by Crippen LogP contribution is 2.44. The number of nitriles is 1. The molecule has 192 valence electrons. The quantitative estimate of drug-likeness (QED) is 0.173. The minimum Gasteiger partial charge on any atom is -0.307 e. The first kappa shape index (κ1) is 23.9. The monoisotopic (exact) mass is 508 g/mol. The fraction of sp³-hybridized carbons (Fsp3) is 0.286. The molecule has 0 spiro atoms. The molecule has 39 heavy (non-hydrogen) atoms. The van der Waals surface area contributed by atoms with E-state index in [1.165, 1.54) is 27.4 Å². The topological polar surface area (TPSA) is 54.0 Å². The van der Waals surface area contributed by atoms with Gasteiger partial charge < -0.3 is 4.40 Å². The lowest BCUT2D eigenvalue weighted by Gasteiger charge is -2.24. The standard InChI is InChI=1S/C35H32N4/c1-34(2,3)16-20-7-9-23-22(13-20)15-26-31-30-28(37-19-38-31)11-10-24-25-14-21(18-36)8-12-29(25)39(33(24)30)32(26)27(23)17-35(4,5)6/h7-15,19H,16-17H2,1-6H3. The van der Waals surface area contributed by atoms with Gasteiger partial charge in [0.1, 0.15) is 6.33 Å². The van der Waals surface area contributed by atoms with Gasteiger partial charge in [-0.1, -0.05) is 59.7 Å². The summed E-state index contributed by atoms with van der Waals surface area (Å²) in [4.78, 5) is 9.58. The van der Waals surface area contributed by atoms with Crippen molar-refractivity contribution in [2.45, 2.75) is 54.4 Å². The number of fused-ring (bicyclic) bond motifs is 7. The second kappa shape index (κ2) is 7.90. The molecule has 0 amide bonds. The molecule has 0 aliphatic heterocycles. The Balaban J connectivity index is 1.76. The maximum atomic E-state index is 9.68. The van der Waals surface area contributed by atoms with Crippen LogP contribution in [0.2, 0.25) is 0 Å². The van der Waals surface area contributed by atoms with Gasteiger partial charge >= 0.3 is 0 Å². The van der Waals surface area contributed by atoms with Crippen molar-refractivity contribution < 1.29 is 0 Å². The number of rotatable bonds is 2. The van der Waals surface area contributed by atoms with Gasteiger partial charge in [-0.05, 0) is 82.0 Å². The van der Waals surface area contributed by atoms with Crippen LogP contribution in [0.5, 0.6) is 0 Å². The molecular formula is C35H32N4. The van der Waals surface area contributed by atoms with Crippen LogP contribution in [-0.4, -0.2) is 14.4 Å². The van der Waals surface area contributed by atoms with Crippen molar-refractivity contribution in [3.8, 4) is 6.07 Å². The molecule has 0 bridgehead atoms. The smallest absolute Gasteiger partial charge is 0.116 e. The number of benzene rings is 4. The molecular weight excluding hydrogens is 476 g/mol. The van der Waals surface area contributed by atoms with Gasteiger partial charge in [0.15, 0.2) is 0 Å². The first-order chi connectivity index (χ1) is 18.5. The van der Waals surface area contributed by atoms with Gasteiger partial charge in [0.25, 0.3) is 0 Å². The Morgan fingerprint density at radius 1 is 0.744 bits per heavy atom. The Hall–Kier alpha value is -4.23. The van der Waals surface area contributed by atoms with Gasteiger partial charge in [0.05, 0.1) is 44.6 Å². The number of hydrogen-bond donors (Lipinski definition) is 0. The lowest BCUT2D eigenvalue weighted by molar-refractivity contribution is 0.411. The molecule has 4 nitrogen and oxygen atoms in total. The van der Waals surface area contributed by atoms with Crippen LogP contribution in [-0.2, 0) is 12.8 Å². The van der Waals surface area contributed by atoms with Crippen LogP contribution >= 0.6 is 0 Å². The van der Waals surface area contributed by atoms with E-state index in [1.807, 2.05) is 12.1 Å². The van der Waals surface area contributed by atoms with E-state index >= 15 is 0 Å². The van der Waals surface area contributed by atoms with Gasteiger partial charge in [-0.15, -0.1) is 0 Å². The molecule has 0 aliphatic carbocycles. The molecule has 0 unspecified atom stereocenters. The van der Waals surface area contributed by atoms with E-state index < -0.39 is 0 Å². The Labute approximate surface area is 228 Å². The molecule has 7 rings (SSSR count). The summed E-state index contributed by atoms with van der Waals surface area (Å²) in [7, 11) is 0. The molecule has 0 fully saturated rings. The molecule has 4 aromatic carbocycles. The van der Waals surface area contributed by atoms with Gasteiger partial charge in [0, 0.05) is 16.2 Å². The van der Waals surface area contributed by atoms with Gasteiger partial charge in [-0.2, -0.15) is 5.26 Å². The third-order valence-electron chi connectivity index (χ3n) is 7.86. The molecule has 3 aromatic heterocycles. The lowest BCUT2D eigenvalue weighted by Crippen LogP contribution is -2.12. The van der Waals surface area contributed by atoms with E-state index in [0.717, 1.165) is 56.5 Å². The molecule has 0 saturated carbocycles. The second-order valence-electron chi connectivity index (χ2n) is 13.5. The first-order valence-corrected chi connectivity index (χ1v) is 13.7. The highest BCUT2D eigenvalue weighted by molar-refractivity contribution is 6.28. The van der Waals surface area contributed by atoms with Crippen molar-refractivity contribution in [3.63, 3.8) is 0 Å². The summed E-state index contributed by atoms with van der Waals surface area (Å²) in [6.07, 6.45) is 3.65. The average Bonchev–Trinajstić information content (AvgIpc) is 3.20. The fourth-order valence-electron chi connectivity index (χ4n) is 6.55. The maximum Gasteiger partial charge on any atom is 0.116 e. The molecule has 0 N–H and O–H groups in total. The van der Waals surface area contributed by atoms with Crippen molar-refractivity contribution in [3.05, 3.63) is 77.6 Å².